The van der Waals surface area contributed by atoms with E-state index >= 15 is 0 Å². The maximum atomic E-state index is 13.0. The number of rotatable bonds is 7. The molecule has 0 heterocycles. The highest BCUT2D eigenvalue weighted by Gasteiger charge is 2.20. The summed E-state index contributed by atoms with van der Waals surface area (Å²) in [6.45, 7) is 9.84. The van der Waals surface area contributed by atoms with Crippen LogP contribution in [0.5, 0.6) is 11.5 Å². The summed E-state index contributed by atoms with van der Waals surface area (Å²) in [7, 11) is 1.67. The van der Waals surface area contributed by atoms with Crippen LogP contribution in [0.2, 0.25) is 0 Å². The number of methoxy groups -OCH3 is 1. The van der Waals surface area contributed by atoms with Gasteiger partial charge in [0.15, 0.2) is 6.10 Å². The largest absolute Gasteiger partial charge is 0.496 e. The summed E-state index contributed by atoms with van der Waals surface area (Å²) >= 11 is 0. The minimum Gasteiger partial charge on any atom is -0.496 e. The predicted octanol–water partition coefficient (Wildman–Crippen LogP) is 4.91. The van der Waals surface area contributed by atoms with Crippen molar-refractivity contribution < 1.29 is 18.7 Å². The van der Waals surface area contributed by atoms with Gasteiger partial charge in [0.05, 0.1) is 13.2 Å². The highest BCUT2D eigenvalue weighted by molar-refractivity contribution is 5.81. The molecule has 0 aliphatic heterocycles. The summed E-state index contributed by atoms with van der Waals surface area (Å²) in [6, 6.07) is 9.53. The molecule has 0 aromatic heterocycles. The molecule has 2 aromatic carbocycles. The lowest BCUT2D eigenvalue weighted by atomic mass is 9.93. The molecule has 0 spiro atoms. The van der Waals surface area contributed by atoms with Gasteiger partial charge in [-0.3, -0.25) is 4.79 Å². The second kappa shape index (κ2) is 8.89. The van der Waals surface area contributed by atoms with E-state index in [0.717, 1.165) is 22.4 Å². The van der Waals surface area contributed by atoms with Crippen LogP contribution in [-0.2, 0) is 4.79 Å². The molecule has 4 nitrogen and oxygen atoms in total. The number of carbonyl (C=O) groups is 1. The van der Waals surface area contributed by atoms with Crippen LogP contribution >= 0.6 is 0 Å². The molecule has 2 rings (SSSR count). The van der Waals surface area contributed by atoms with Crippen molar-refractivity contribution in [3.63, 3.8) is 0 Å². The molecule has 27 heavy (non-hydrogen) atoms. The Labute approximate surface area is 160 Å². The lowest BCUT2D eigenvalue weighted by Gasteiger charge is -2.22. The zero-order chi connectivity index (χ0) is 20.1. The van der Waals surface area contributed by atoms with Gasteiger partial charge in [-0.1, -0.05) is 13.8 Å². The van der Waals surface area contributed by atoms with E-state index in [1.165, 1.54) is 24.3 Å². The maximum Gasteiger partial charge on any atom is 0.261 e. The van der Waals surface area contributed by atoms with Gasteiger partial charge in [-0.2, -0.15) is 0 Å². The molecular weight excluding hydrogens is 345 g/mol. The Hall–Kier alpha value is -2.56. The average Bonchev–Trinajstić information content (AvgIpc) is 2.62. The first-order chi connectivity index (χ1) is 12.7. The molecule has 2 atom stereocenters. The maximum absolute atomic E-state index is 13.0. The number of hydrogen-bond donors (Lipinski definition) is 1. The van der Waals surface area contributed by atoms with E-state index < -0.39 is 6.10 Å². The first-order valence-electron chi connectivity index (χ1n) is 9.14. The van der Waals surface area contributed by atoms with Gasteiger partial charge in [0.25, 0.3) is 5.91 Å². The Morgan fingerprint density at radius 3 is 2.22 bits per heavy atom. The smallest absolute Gasteiger partial charge is 0.261 e. The fraction of sp³-hybridized carbons (Fsp3) is 0.409. The van der Waals surface area contributed by atoms with Crippen molar-refractivity contribution in [2.24, 2.45) is 0 Å². The molecule has 0 saturated carbocycles. The molecule has 1 N–H and O–H groups in total. The third kappa shape index (κ3) is 5.22. The van der Waals surface area contributed by atoms with Crippen LogP contribution in [0.3, 0.4) is 0 Å². The van der Waals surface area contributed by atoms with E-state index in [1.54, 1.807) is 14.0 Å². The van der Waals surface area contributed by atoms with Gasteiger partial charge in [0.2, 0.25) is 0 Å². The van der Waals surface area contributed by atoms with Gasteiger partial charge in [0, 0.05) is 0 Å². The van der Waals surface area contributed by atoms with Crippen LogP contribution in [0.1, 0.15) is 56.3 Å². The van der Waals surface area contributed by atoms with Gasteiger partial charge >= 0.3 is 0 Å². The Kier molecular flexibility index (Phi) is 6.83. The standard InChI is InChI=1S/C22H28FNO3/c1-13(2)19-12-20(14(3)11-21(19)26-6)15(4)24-22(25)16(5)27-18-9-7-17(23)8-10-18/h7-13,15-16H,1-6H3,(H,24,25)/t15-,16+/m1/s1. The molecule has 0 unspecified atom stereocenters. The lowest BCUT2D eigenvalue weighted by Crippen LogP contribution is -2.38. The minimum absolute atomic E-state index is 0.180. The summed E-state index contributed by atoms with van der Waals surface area (Å²) in [5.41, 5.74) is 3.20. The Balaban J connectivity index is 2.11. The SMILES string of the molecule is COc1cc(C)c([C@@H](C)NC(=O)[C@H](C)Oc2ccc(F)cc2)cc1C(C)C. The fourth-order valence-electron chi connectivity index (χ4n) is 2.99. The molecule has 0 aliphatic carbocycles. The van der Waals surface area contributed by atoms with E-state index in [1.807, 2.05) is 19.9 Å². The monoisotopic (exact) mass is 373 g/mol. The van der Waals surface area contributed by atoms with E-state index in [-0.39, 0.29) is 17.8 Å². The highest BCUT2D eigenvalue weighted by Crippen LogP contribution is 2.32. The summed E-state index contributed by atoms with van der Waals surface area (Å²) in [4.78, 5) is 12.5. The molecule has 2 aromatic rings. The molecule has 0 saturated heterocycles. The third-order valence-corrected chi connectivity index (χ3v) is 4.56. The third-order valence-electron chi connectivity index (χ3n) is 4.56. The van der Waals surface area contributed by atoms with Crippen LogP contribution in [0.4, 0.5) is 4.39 Å². The summed E-state index contributed by atoms with van der Waals surface area (Å²) in [5.74, 6) is 1.05. The Bertz CT molecular complexity index is 787. The second-order valence-electron chi connectivity index (χ2n) is 7.05. The van der Waals surface area contributed by atoms with Crippen LogP contribution in [0.25, 0.3) is 0 Å². The molecule has 1 amide bonds. The van der Waals surface area contributed by atoms with Crippen molar-refractivity contribution >= 4 is 5.91 Å². The summed E-state index contributed by atoms with van der Waals surface area (Å²) < 4.78 is 24.1. The van der Waals surface area contributed by atoms with Crippen LogP contribution in [0.15, 0.2) is 36.4 Å². The van der Waals surface area contributed by atoms with Crippen molar-refractivity contribution in [3.05, 3.63) is 58.9 Å². The number of nitrogens with one attached hydrogen (secondary N) is 1. The topological polar surface area (TPSA) is 47.6 Å². The number of carbonyl (C=O) groups excluding carboxylic acids is 1. The number of benzene rings is 2. The highest BCUT2D eigenvalue weighted by atomic mass is 19.1. The van der Waals surface area contributed by atoms with Crippen LogP contribution in [-0.4, -0.2) is 19.1 Å². The molecule has 5 heteroatoms. The molecular formula is C22H28FNO3. The van der Waals surface area contributed by atoms with Gasteiger partial charge < -0.3 is 14.8 Å². The van der Waals surface area contributed by atoms with Crippen molar-refractivity contribution in [1.29, 1.82) is 0 Å². The van der Waals surface area contributed by atoms with Crippen LogP contribution < -0.4 is 14.8 Å². The number of hydrogen-bond acceptors (Lipinski definition) is 3. The van der Waals surface area contributed by atoms with E-state index in [2.05, 4.69) is 25.2 Å². The first-order valence-corrected chi connectivity index (χ1v) is 9.14. The summed E-state index contributed by atoms with van der Waals surface area (Å²) in [5, 5.41) is 2.99. The van der Waals surface area contributed by atoms with E-state index in [4.69, 9.17) is 9.47 Å². The quantitative estimate of drug-likeness (QED) is 0.750. The number of ether oxygens (including phenoxy) is 2. The van der Waals surface area contributed by atoms with Gasteiger partial charge in [0.1, 0.15) is 17.3 Å². The normalized spacial score (nSPS) is 13.2. The second-order valence-corrected chi connectivity index (χ2v) is 7.05. The van der Waals surface area contributed by atoms with Crippen molar-refractivity contribution in [2.45, 2.75) is 52.7 Å². The Morgan fingerprint density at radius 1 is 1.04 bits per heavy atom. The molecule has 146 valence electrons. The Morgan fingerprint density at radius 2 is 1.67 bits per heavy atom. The van der Waals surface area contributed by atoms with Crippen LogP contribution in [0, 0.1) is 12.7 Å². The van der Waals surface area contributed by atoms with Gasteiger partial charge in [-0.25, -0.2) is 4.39 Å². The minimum atomic E-state index is -0.693. The summed E-state index contributed by atoms with van der Waals surface area (Å²) in [6.07, 6.45) is -0.693. The van der Waals surface area contributed by atoms with Crippen molar-refractivity contribution in [2.75, 3.05) is 7.11 Å². The van der Waals surface area contributed by atoms with E-state index in [9.17, 15) is 9.18 Å². The first kappa shape index (κ1) is 20.7. The predicted molar refractivity (Wildman–Crippen MR) is 105 cm³/mol. The molecule has 0 aliphatic rings. The van der Waals surface area contributed by atoms with Crippen molar-refractivity contribution in [1.82, 2.24) is 5.32 Å². The van der Waals surface area contributed by atoms with E-state index in [0.29, 0.717) is 11.7 Å². The zero-order valence-electron chi connectivity index (χ0n) is 16.8. The molecule has 0 bridgehead atoms. The van der Waals surface area contributed by atoms with Gasteiger partial charge in [-0.05, 0) is 79.8 Å². The number of aryl methyl sites for hydroxylation is 1. The zero-order valence-corrected chi connectivity index (χ0v) is 16.8. The van der Waals surface area contributed by atoms with Crippen molar-refractivity contribution in [3.8, 4) is 11.5 Å². The number of amides is 1. The number of halogens is 1. The van der Waals surface area contributed by atoms with Gasteiger partial charge in [-0.15, -0.1) is 0 Å². The lowest BCUT2D eigenvalue weighted by molar-refractivity contribution is -0.127. The average molecular weight is 373 g/mol. The molecule has 0 fully saturated rings. The molecule has 0 radical (unpaired) electrons. The fourth-order valence-corrected chi connectivity index (χ4v) is 2.99.